The number of thiophene rings is 1. The van der Waals surface area contributed by atoms with Crippen LogP contribution in [0, 0.1) is 0 Å². The van der Waals surface area contributed by atoms with E-state index in [-0.39, 0.29) is 5.97 Å². The Balaban J connectivity index is 2.41. The molecule has 2 rings (SSSR count). The molecular weight excluding hydrogens is 278 g/mol. The maximum Gasteiger partial charge on any atom is 0.317 e. The summed E-state index contributed by atoms with van der Waals surface area (Å²) in [6, 6.07) is 2.05. The summed E-state index contributed by atoms with van der Waals surface area (Å²) >= 11 is 3.23. The smallest absolute Gasteiger partial charge is 0.317 e. The van der Waals surface area contributed by atoms with Gasteiger partial charge in [-0.2, -0.15) is 11.3 Å². The molecule has 2 aromatic rings. The molecule has 0 bridgehead atoms. The van der Waals surface area contributed by atoms with Gasteiger partial charge in [0.2, 0.25) is 0 Å². The fourth-order valence-corrected chi connectivity index (χ4v) is 3.84. The molecule has 0 saturated heterocycles. The third-order valence-electron chi connectivity index (χ3n) is 3.55. The minimum atomic E-state index is -0.612. The molecule has 0 aliphatic heterocycles. The molecule has 0 fully saturated rings. The number of esters is 1. The van der Waals surface area contributed by atoms with E-state index in [9.17, 15) is 4.79 Å². The van der Waals surface area contributed by atoms with Crippen LogP contribution in [0.3, 0.4) is 0 Å². The number of methoxy groups -OCH3 is 1. The number of thiazole rings is 1. The highest BCUT2D eigenvalue weighted by atomic mass is 32.1. The summed E-state index contributed by atoms with van der Waals surface area (Å²) in [7, 11) is 1.44. The van der Waals surface area contributed by atoms with E-state index >= 15 is 0 Å². The fraction of sp³-hybridized carbons (Fsp3) is 0.429. The van der Waals surface area contributed by atoms with Crippen molar-refractivity contribution in [2.24, 2.45) is 0 Å². The van der Waals surface area contributed by atoms with Gasteiger partial charge in [-0.25, -0.2) is 4.98 Å². The van der Waals surface area contributed by atoms with Crippen molar-refractivity contribution in [3.63, 3.8) is 0 Å². The van der Waals surface area contributed by atoms with E-state index < -0.39 is 5.41 Å². The predicted molar refractivity (Wildman–Crippen MR) is 79.7 cm³/mol. The Labute approximate surface area is 121 Å². The van der Waals surface area contributed by atoms with Crippen molar-refractivity contribution in [2.45, 2.75) is 32.1 Å². The maximum atomic E-state index is 12.1. The zero-order valence-corrected chi connectivity index (χ0v) is 12.9. The van der Waals surface area contributed by atoms with Crippen molar-refractivity contribution in [3.8, 4) is 10.6 Å². The zero-order chi connectivity index (χ0) is 13.9. The molecule has 0 atom stereocenters. The van der Waals surface area contributed by atoms with Crippen LogP contribution in [0.1, 0.15) is 32.4 Å². The topological polar surface area (TPSA) is 39.2 Å². The lowest BCUT2D eigenvalue weighted by molar-refractivity contribution is -0.148. The van der Waals surface area contributed by atoms with Crippen LogP contribution in [0.4, 0.5) is 0 Å². The molecule has 0 aromatic carbocycles. The summed E-state index contributed by atoms with van der Waals surface area (Å²) in [4.78, 5) is 16.8. The van der Waals surface area contributed by atoms with Crippen molar-refractivity contribution in [2.75, 3.05) is 7.11 Å². The SMILES string of the molecule is CCC(CC)(C(=O)OC)c1csc(-c2ccsc2)n1. The molecule has 3 nitrogen and oxygen atoms in total. The van der Waals surface area contributed by atoms with Crippen LogP contribution >= 0.6 is 22.7 Å². The first-order chi connectivity index (χ1) is 9.17. The lowest BCUT2D eigenvalue weighted by Crippen LogP contribution is -2.36. The van der Waals surface area contributed by atoms with Gasteiger partial charge in [0.1, 0.15) is 10.4 Å². The van der Waals surface area contributed by atoms with Gasteiger partial charge in [0.15, 0.2) is 0 Å². The Morgan fingerprint density at radius 2 is 2.11 bits per heavy atom. The van der Waals surface area contributed by atoms with E-state index in [1.807, 2.05) is 30.7 Å². The summed E-state index contributed by atoms with van der Waals surface area (Å²) < 4.78 is 4.98. The molecule has 2 aromatic heterocycles. The second-order valence-corrected chi connectivity index (χ2v) is 5.97. The summed E-state index contributed by atoms with van der Waals surface area (Å²) in [5.74, 6) is -0.195. The van der Waals surface area contributed by atoms with E-state index in [4.69, 9.17) is 4.74 Å². The van der Waals surface area contributed by atoms with Gasteiger partial charge in [-0.3, -0.25) is 4.79 Å². The molecule has 0 spiro atoms. The number of nitrogens with zero attached hydrogens (tertiary/aromatic N) is 1. The zero-order valence-electron chi connectivity index (χ0n) is 11.3. The third kappa shape index (κ3) is 2.44. The number of aromatic nitrogens is 1. The van der Waals surface area contributed by atoms with Crippen LogP contribution in [0.5, 0.6) is 0 Å². The van der Waals surface area contributed by atoms with E-state index in [1.165, 1.54) is 7.11 Å². The summed E-state index contributed by atoms with van der Waals surface area (Å²) in [6.45, 7) is 4.01. The first-order valence-electron chi connectivity index (χ1n) is 6.25. The number of carbonyl (C=O) groups is 1. The largest absolute Gasteiger partial charge is 0.468 e. The van der Waals surface area contributed by atoms with Gasteiger partial charge in [0.05, 0.1) is 12.8 Å². The van der Waals surface area contributed by atoms with Crippen molar-refractivity contribution in [1.29, 1.82) is 0 Å². The van der Waals surface area contributed by atoms with Crippen molar-refractivity contribution >= 4 is 28.6 Å². The number of ether oxygens (including phenoxy) is 1. The maximum absolute atomic E-state index is 12.1. The first-order valence-corrected chi connectivity index (χ1v) is 8.07. The molecule has 19 heavy (non-hydrogen) atoms. The molecule has 0 aliphatic carbocycles. The number of rotatable bonds is 5. The van der Waals surface area contributed by atoms with Gasteiger partial charge >= 0.3 is 5.97 Å². The Kier molecular flexibility index (Phi) is 4.37. The first kappa shape index (κ1) is 14.2. The van der Waals surface area contributed by atoms with E-state index in [0.29, 0.717) is 12.8 Å². The van der Waals surface area contributed by atoms with Crippen LogP contribution in [-0.4, -0.2) is 18.1 Å². The van der Waals surface area contributed by atoms with E-state index in [1.54, 1.807) is 22.7 Å². The second kappa shape index (κ2) is 5.84. The average molecular weight is 295 g/mol. The molecule has 0 radical (unpaired) electrons. The monoisotopic (exact) mass is 295 g/mol. The molecule has 0 N–H and O–H groups in total. The van der Waals surface area contributed by atoms with Gasteiger partial charge in [0.25, 0.3) is 0 Å². The van der Waals surface area contributed by atoms with Crippen molar-refractivity contribution in [3.05, 3.63) is 27.9 Å². The highest BCUT2D eigenvalue weighted by molar-refractivity contribution is 7.14. The molecule has 0 unspecified atom stereocenters. The number of hydrogen-bond acceptors (Lipinski definition) is 5. The standard InChI is InChI=1S/C14H17NO2S2/c1-4-14(5-2,13(16)17-3)11-9-19-12(15-11)10-6-7-18-8-10/h6-9H,4-5H2,1-3H3. The van der Waals surface area contributed by atoms with Gasteiger partial charge in [-0.05, 0) is 24.3 Å². The predicted octanol–water partition coefficient (Wildman–Crippen LogP) is 4.10. The van der Waals surface area contributed by atoms with E-state index in [0.717, 1.165) is 16.3 Å². The van der Waals surface area contributed by atoms with Gasteiger partial charge in [-0.15, -0.1) is 11.3 Å². The van der Waals surface area contributed by atoms with Crippen molar-refractivity contribution in [1.82, 2.24) is 4.98 Å². The van der Waals surface area contributed by atoms with Crippen LogP contribution in [-0.2, 0) is 14.9 Å². The van der Waals surface area contributed by atoms with Crippen LogP contribution in [0.2, 0.25) is 0 Å². The Bertz CT molecular complexity index is 542. The van der Waals surface area contributed by atoms with Crippen LogP contribution in [0.25, 0.3) is 10.6 Å². The van der Waals surface area contributed by atoms with Crippen molar-refractivity contribution < 1.29 is 9.53 Å². The molecule has 0 aliphatic rings. The summed E-state index contributed by atoms with van der Waals surface area (Å²) in [6.07, 6.45) is 1.39. The molecule has 0 amide bonds. The lowest BCUT2D eigenvalue weighted by Gasteiger charge is -2.26. The lowest BCUT2D eigenvalue weighted by atomic mass is 9.80. The molecular formula is C14H17NO2S2. The summed E-state index contributed by atoms with van der Waals surface area (Å²) in [5, 5.41) is 7.05. The van der Waals surface area contributed by atoms with Gasteiger partial charge < -0.3 is 4.74 Å². The van der Waals surface area contributed by atoms with Crippen LogP contribution < -0.4 is 0 Å². The Hall–Kier alpha value is -1.20. The summed E-state index contributed by atoms with van der Waals surface area (Å²) in [5.41, 5.74) is 1.34. The van der Waals surface area contributed by atoms with Gasteiger partial charge in [0, 0.05) is 16.3 Å². The quantitative estimate of drug-likeness (QED) is 0.779. The van der Waals surface area contributed by atoms with Crippen LogP contribution in [0.15, 0.2) is 22.2 Å². The Morgan fingerprint density at radius 3 is 2.63 bits per heavy atom. The molecule has 102 valence electrons. The minimum Gasteiger partial charge on any atom is -0.468 e. The second-order valence-electron chi connectivity index (χ2n) is 4.33. The average Bonchev–Trinajstić information content (AvgIpc) is 3.11. The highest BCUT2D eigenvalue weighted by Gasteiger charge is 2.40. The van der Waals surface area contributed by atoms with E-state index in [2.05, 4.69) is 10.4 Å². The normalized spacial score (nSPS) is 11.5. The highest BCUT2D eigenvalue weighted by Crippen LogP contribution is 2.36. The third-order valence-corrected chi connectivity index (χ3v) is 5.12. The molecule has 5 heteroatoms. The molecule has 2 heterocycles. The number of hydrogen-bond donors (Lipinski definition) is 0. The fourth-order valence-electron chi connectivity index (χ4n) is 2.21. The minimum absolute atomic E-state index is 0.195. The molecule has 0 saturated carbocycles. The Morgan fingerprint density at radius 1 is 1.37 bits per heavy atom. The van der Waals surface area contributed by atoms with Gasteiger partial charge in [-0.1, -0.05) is 13.8 Å². The number of carbonyl (C=O) groups excluding carboxylic acids is 1.